The van der Waals surface area contributed by atoms with E-state index in [1.54, 1.807) is 23.9 Å². The zero-order valence-electron chi connectivity index (χ0n) is 13.7. The molecule has 0 aliphatic heterocycles. The summed E-state index contributed by atoms with van der Waals surface area (Å²) in [5.41, 5.74) is 1.93. The van der Waals surface area contributed by atoms with Crippen molar-refractivity contribution < 1.29 is 13.9 Å². The van der Waals surface area contributed by atoms with Crippen LogP contribution in [0, 0.1) is 12.7 Å². The molecule has 0 radical (unpaired) electrons. The predicted molar refractivity (Wildman–Crippen MR) is 92.6 cm³/mol. The molecule has 0 fully saturated rings. The van der Waals surface area contributed by atoms with Crippen LogP contribution in [0.4, 0.5) is 4.39 Å². The second kappa shape index (κ2) is 10.0. The van der Waals surface area contributed by atoms with Crippen LogP contribution in [0.2, 0.25) is 0 Å². The SMILES string of the molecule is COCCNCCNC(=O)c1cnn(-c2ccc(F)cc2)c1C.Cl. The van der Waals surface area contributed by atoms with Crippen molar-refractivity contribution in [2.45, 2.75) is 6.92 Å². The highest BCUT2D eigenvalue weighted by atomic mass is 35.5. The number of methoxy groups -OCH3 is 1. The van der Waals surface area contributed by atoms with Crippen LogP contribution in [0.25, 0.3) is 5.69 Å². The number of aromatic nitrogens is 2. The third kappa shape index (κ3) is 5.30. The minimum Gasteiger partial charge on any atom is -0.383 e. The first kappa shape index (κ1) is 20.1. The van der Waals surface area contributed by atoms with E-state index in [0.29, 0.717) is 36.6 Å². The molecule has 0 atom stereocenters. The number of ether oxygens (including phenoxy) is 1. The number of halogens is 2. The molecule has 24 heavy (non-hydrogen) atoms. The third-order valence-corrected chi connectivity index (χ3v) is 3.40. The van der Waals surface area contributed by atoms with Gasteiger partial charge in [0.05, 0.1) is 29.7 Å². The molecule has 0 aliphatic carbocycles. The molecular weight excluding hydrogens is 335 g/mol. The first-order valence-electron chi connectivity index (χ1n) is 7.42. The van der Waals surface area contributed by atoms with E-state index in [2.05, 4.69) is 15.7 Å². The van der Waals surface area contributed by atoms with Gasteiger partial charge in [-0.25, -0.2) is 9.07 Å². The largest absolute Gasteiger partial charge is 0.383 e. The van der Waals surface area contributed by atoms with E-state index in [9.17, 15) is 9.18 Å². The molecule has 1 heterocycles. The van der Waals surface area contributed by atoms with Gasteiger partial charge in [0.15, 0.2) is 0 Å². The van der Waals surface area contributed by atoms with Gasteiger partial charge < -0.3 is 15.4 Å². The van der Waals surface area contributed by atoms with Gasteiger partial charge in [-0.1, -0.05) is 0 Å². The van der Waals surface area contributed by atoms with Gasteiger partial charge in [-0.2, -0.15) is 5.10 Å². The van der Waals surface area contributed by atoms with Crippen molar-refractivity contribution in [3.05, 3.63) is 47.5 Å². The number of carbonyl (C=O) groups excluding carboxylic acids is 1. The molecule has 2 N–H and O–H groups in total. The molecule has 2 aromatic rings. The van der Waals surface area contributed by atoms with Crippen LogP contribution >= 0.6 is 12.4 Å². The second-order valence-corrected chi connectivity index (χ2v) is 5.03. The van der Waals surface area contributed by atoms with Crippen LogP contribution in [0.1, 0.15) is 16.1 Å². The summed E-state index contributed by atoms with van der Waals surface area (Å²) >= 11 is 0. The van der Waals surface area contributed by atoms with Crippen molar-refractivity contribution in [2.24, 2.45) is 0 Å². The van der Waals surface area contributed by atoms with Crippen LogP contribution < -0.4 is 10.6 Å². The number of amides is 1. The van der Waals surface area contributed by atoms with Crippen molar-refractivity contribution in [2.75, 3.05) is 33.4 Å². The number of carbonyl (C=O) groups is 1. The lowest BCUT2D eigenvalue weighted by atomic mass is 10.2. The maximum atomic E-state index is 13.0. The first-order chi connectivity index (χ1) is 11.1. The quantitative estimate of drug-likeness (QED) is 0.706. The van der Waals surface area contributed by atoms with Gasteiger partial charge in [0, 0.05) is 26.7 Å². The average Bonchev–Trinajstić information content (AvgIpc) is 2.93. The topological polar surface area (TPSA) is 68.2 Å². The Morgan fingerprint density at radius 3 is 2.62 bits per heavy atom. The Balaban J connectivity index is 0.00000288. The normalized spacial score (nSPS) is 10.3. The molecule has 0 aliphatic rings. The molecule has 0 spiro atoms. The van der Waals surface area contributed by atoms with E-state index < -0.39 is 0 Å². The lowest BCUT2D eigenvalue weighted by Gasteiger charge is -2.07. The summed E-state index contributed by atoms with van der Waals surface area (Å²) in [5, 5.41) is 10.2. The summed E-state index contributed by atoms with van der Waals surface area (Å²) < 4.78 is 19.5. The molecule has 0 saturated heterocycles. The average molecular weight is 357 g/mol. The minimum absolute atomic E-state index is 0. The number of hydrogen-bond acceptors (Lipinski definition) is 4. The fourth-order valence-electron chi connectivity index (χ4n) is 2.13. The Morgan fingerprint density at radius 1 is 1.25 bits per heavy atom. The van der Waals surface area contributed by atoms with Crippen molar-refractivity contribution in [3.63, 3.8) is 0 Å². The summed E-state index contributed by atoms with van der Waals surface area (Å²) in [7, 11) is 1.64. The highest BCUT2D eigenvalue weighted by molar-refractivity contribution is 5.95. The van der Waals surface area contributed by atoms with Crippen LogP contribution in [-0.2, 0) is 4.74 Å². The molecule has 1 aromatic heterocycles. The molecule has 0 saturated carbocycles. The van der Waals surface area contributed by atoms with Gasteiger partial charge in [-0.05, 0) is 31.2 Å². The highest BCUT2D eigenvalue weighted by Crippen LogP contribution is 2.14. The Bertz CT molecular complexity index is 646. The lowest BCUT2D eigenvalue weighted by Crippen LogP contribution is -2.33. The smallest absolute Gasteiger partial charge is 0.254 e. The van der Waals surface area contributed by atoms with Crippen molar-refractivity contribution in [1.82, 2.24) is 20.4 Å². The Hall–Kier alpha value is -1.96. The van der Waals surface area contributed by atoms with E-state index in [4.69, 9.17) is 4.74 Å². The van der Waals surface area contributed by atoms with Gasteiger partial charge in [-0.3, -0.25) is 4.79 Å². The van der Waals surface area contributed by atoms with Gasteiger partial charge in [-0.15, -0.1) is 12.4 Å². The van der Waals surface area contributed by atoms with E-state index in [1.807, 2.05) is 6.92 Å². The minimum atomic E-state index is -0.308. The fraction of sp³-hybridized carbons (Fsp3) is 0.375. The van der Waals surface area contributed by atoms with Crippen LogP contribution in [0.3, 0.4) is 0 Å². The molecule has 0 unspecified atom stereocenters. The number of benzene rings is 1. The molecule has 132 valence electrons. The summed E-state index contributed by atoms with van der Waals surface area (Å²) in [6.45, 7) is 4.37. The summed E-state index contributed by atoms with van der Waals surface area (Å²) in [6.07, 6.45) is 1.52. The summed E-state index contributed by atoms with van der Waals surface area (Å²) in [4.78, 5) is 12.2. The molecule has 0 bridgehead atoms. The zero-order chi connectivity index (χ0) is 16.7. The van der Waals surface area contributed by atoms with E-state index in [-0.39, 0.29) is 24.1 Å². The Labute approximate surface area is 146 Å². The standard InChI is InChI=1S/C16H21FN4O2.ClH/c1-12-15(16(22)19-8-7-18-9-10-23-2)11-20-21(12)14-5-3-13(17)4-6-14;/h3-6,11,18H,7-10H2,1-2H3,(H,19,22);1H. The number of rotatable bonds is 8. The van der Waals surface area contributed by atoms with Crippen molar-refractivity contribution >= 4 is 18.3 Å². The molecular formula is C16H22ClFN4O2. The molecule has 6 nitrogen and oxygen atoms in total. The molecule has 1 amide bonds. The predicted octanol–water partition coefficient (Wildman–Crippen LogP) is 1.71. The van der Waals surface area contributed by atoms with Crippen LogP contribution in [0.5, 0.6) is 0 Å². The van der Waals surface area contributed by atoms with Gasteiger partial charge in [0.25, 0.3) is 5.91 Å². The van der Waals surface area contributed by atoms with E-state index >= 15 is 0 Å². The summed E-state index contributed by atoms with van der Waals surface area (Å²) in [6, 6.07) is 5.97. The number of nitrogens with one attached hydrogen (secondary N) is 2. The van der Waals surface area contributed by atoms with Crippen molar-refractivity contribution in [1.29, 1.82) is 0 Å². The highest BCUT2D eigenvalue weighted by Gasteiger charge is 2.14. The Kier molecular flexibility index (Phi) is 8.39. The Morgan fingerprint density at radius 2 is 1.96 bits per heavy atom. The fourth-order valence-corrected chi connectivity index (χ4v) is 2.13. The molecule has 2 rings (SSSR count). The number of hydrogen-bond donors (Lipinski definition) is 2. The maximum absolute atomic E-state index is 13.0. The second-order valence-electron chi connectivity index (χ2n) is 5.03. The van der Waals surface area contributed by atoms with Crippen LogP contribution in [-0.4, -0.2) is 49.0 Å². The van der Waals surface area contributed by atoms with Gasteiger partial charge in [0.2, 0.25) is 0 Å². The first-order valence-corrected chi connectivity index (χ1v) is 7.42. The molecule has 8 heteroatoms. The maximum Gasteiger partial charge on any atom is 0.254 e. The van der Waals surface area contributed by atoms with E-state index in [1.165, 1.54) is 18.3 Å². The molecule has 1 aromatic carbocycles. The van der Waals surface area contributed by atoms with Crippen LogP contribution in [0.15, 0.2) is 30.5 Å². The van der Waals surface area contributed by atoms with Gasteiger partial charge >= 0.3 is 0 Å². The van der Waals surface area contributed by atoms with Crippen molar-refractivity contribution in [3.8, 4) is 5.69 Å². The summed E-state index contributed by atoms with van der Waals surface area (Å²) in [5.74, 6) is -0.484. The zero-order valence-corrected chi connectivity index (χ0v) is 14.5. The lowest BCUT2D eigenvalue weighted by molar-refractivity contribution is 0.0953. The van der Waals surface area contributed by atoms with Gasteiger partial charge in [0.1, 0.15) is 5.82 Å². The number of nitrogens with zero attached hydrogens (tertiary/aromatic N) is 2. The third-order valence-electron chi connectivity index (χ3n) is 3.40. The van der Waals surface area contributed by atoms with E-state index in [0.717, 1.165) is 6.54 Å². The monoisotopic (exact) mass is 356 g/mol.